The van der Waals surface area contributed by atoms with Crippen LogP contribution in [0.15, 0.2) is 30.3 Å². The largest absolute Gasteiger partial charge is 0.323 e. The van der Waals surface area contributed by atoms with E-state index in [1.807, 2.05) is 25.1 Å². The first-order chi connectivity index (χ1) is 8.11. The molecular weight excluding hydrogens is 257 g/mol. The van der Waals surface area contributed by atoms with Crippen LogP contribution < -0.4 is 5.73 Å². The van der Waals surface area contributed by atoms with Gasteiger partial charge in [-0.25, -0.2) is 4.39 Å². The molecular formula is C13H13ClFNS. The van der Waals surface area contributed by atoms with E-state index in [0.29, 0.717) is 0 Å². The van der Waals surface area contributed by atoms with E-state index < -0.39 is 0 Å². The van der Waals surface area contributed by atoms with E-state index >= 15 is 0 Å². The third kappa shape index (κ3) is 2.68. The highest BCUT2D eigenvalue weighted by molar-refractivity contribution is 7.15. The monoisotopic (exact) mass is 269 g/mol. The van der Waals surface area contributed by atoms with Gasteiger partial charge < -0.3 is 5.73 Å². The first-order valence-corrected chi connectivity index (χ1v) is 6.62. The van der Waals surface area contributed by atoms with Crippen molar-refractivity contribution in [2.75, 3.05) is 0 Å². The maximum absolute atomic E-state index is 13.3. The van der Waals surface area contributed by atoms with E-state index in [1.165, 1.54) is 6.07 Å². The molecule has 17 heavy (non-hydrogen) atoms. The van der Waals surface area contributed by atoms with Crippen LogP contribution in [0.2, 0.25) is 5.02 Å². The van der Waals surface area contributed by atoms with Crippen molar-refractivity contribution in [2.24, 2.45) is 5.73 Å². The van der Waals surface area contributed by atoms with Crippen LogP contribution in [-0.2, 0) is 0 Å². The van der Waals surface area contributed by atoms with Crippen molar-refractivity contribution >= 4 is 22.9 Å². The molecule has 1 aromatic heterocycles. The van der Waals surface area contributed by atoms with Crippen LogP contribution in [0.1, 0.15) is 24.3 Å². The molecule has 0 saturated carbocycles. The molecule has 0 amide bonds. The second-order valence-corrected chi connectivity index (χ2v) is 5.37. The minimum absolute atomic E-state index is 0.0610. The molecule has 2 N–H and O–H groups in total. The highest BCUT2D eigenvalue weighted by Gasteiger charge is 2.09. The van der Waals surface area contributed by atoms with Crippen molar-refractivity contribution in [3.8, 4) is 10.4 Å². The lowest BCUT2D eigenvalue weighted by Crippen LogP contribution is -2.05. The summed E-state index contributed by atoms with van der Waals surface area (Å²) >= 11 is 7.25. The van der Waals surface area contributed by atoms with Crippen LogP contribution in [-0.4, -0.2) is 0 Å². The highest BCUT2D eigenvalue weighted by atomic mass is 35.5. The van der Waals surface area contributed by atoms with Crippen molar-refractivity contribution < 1.29 is 4.39 Å². The van der Waals surface area contributed by atoms with Crippen LogP contribution in [0.3, 0.4) is 0 Å². The minimum atomic E-state index is -0.390. The Bertz CT molecular complexity index is 524. The average Bonchev–Trinajstić information content (AvgIpc) is 2.81. The number of thiophene rings is 1. The molecule has 0 aliphatic rings. The number of benzene rings is 1. The van der Waals surface area contributed by atoms with Gasteiger partial charge in [-0.3, -0.25) is 0 Å². The molecule has 90 valence electrons. The van der Waals surface area contributed by atoms with Crippen molar-refractivity contribution in [2.45, 2.75) is 19.4 Å². The molecule has 1 aromatic carbocycles. The minimum Gasteiger partial charge on any atom is -0.323 e. The highest BCUT2D eigenvalue weighted by Crippen LogP contribution is 2.32. The predicted octanol–water partition coefficient (Wildman–Crippen LogP) is 4.62. The lowest BCUT2D eigenvalue weighted by molar-refractivity contribution is 0.629. The third-order valence-electron chi connectivity index (χ3n) is 2.64. The molecule has 0 aliphatic heterocycles. The van der Waals surface area contributed by atoms with Gasteiger partial charge in [0.05, 0.1) is 5.02 Å². The SMILES string of the molecule is CCC(N)c1ccc(-c2ccc(Cl)c(F)c2)s1. The van der Waals surface area contributed by atoms with Crippen LogP contribution in [0.25, 0.3) is 10.4 Å². The quantitative estimate of drug-likeness (QED) is 0.865. The second kappa shape index (κ2) is 5.17. The zero-order valence-corrected chi connectivity index (χ0v) is 11.0. The van der Waals surface area contributed by atoms with E-state index in [1.54, 1.807) is 17.4 Å². The normalized spacial score (nSPS) is 12.7. The Hall–Kier alpha value is -0.900. The van der Waals surface area contributed by atoms with Crippen LogP contribution in [0, 0.1) is 5.82 Å². The molecule has 1 atom stereocenters. The summed E-state index contributed by atoms with van der Waals surface area (Å²) in [4.78, 5) is 2.14. The fraction of sp³-hybridized carbons (Fsp3) is 0.231. The molecule has 2 rings (SSSR count). The van der Waals surface area contributed by atoms with Crippen molar-refractivity contribution in [3.05, 3.63) is 46.0 Å². The molecule has 0 radical (unpaired) electrons. The summed E-state index contributed by atoms with van der Waals surface area (Å²) in [6, 6.07) is 8.88. The molecule has 0 saturated heterocycles. The predicted molar refractivity (Wildman–Crippen MR) is 71.9 cm³/mol. The number of hydrogen-bond donors (Lipinski definition) is 1. The van der Waals surface area contributed by atoms with Crippen LogP contribution in [0.5, 0.6) is 0 Å². The molecule has 2 aromatic rings. The Kier molecular flexibility index (Phi) is 3.82. The van der Waals surface area contributed by atoms with Gasteiger partial charge in [0.1, 0.15) is 5.82 Å². The summed E-state index contributed by atoms with van der Waals surface area (Å²) in [5.74, 6) is -0.390. The number of rotatable bonds is 3. The van der Waals surface area contributed by atoms with Gasteiger partial charge in [-0.2, -0.15) is 0 Å². The van der Waals surface area contributed by atoms with Gasteiger partial charge >= 0.3 is 0 Å². The van der Waals surface area contributed by atoms with Crippen LogP contribution >= 0.6 is 22.9 Å². The summed E-state index contributed by atoms with van der Waals surface area (Å²) in [5.41, 5.74) is 6.79. The fourth-order valence-corrected chi connectivity index (χ4v) is 2.76. The van der Waals surface area contributed by atoms with Crippen molar-refractivity contribution in [1.29, 1.82) is 0 Å². The van der Waals surface area contributed by atoms with E-state index in [4.69, 9.17) is 17.3 Å². The Morgan fingerprint density at radius 3 is 2.76 bits per heavy atom. The van der Waals surface area contributed by atoms with Crippen LogP contribution in [0.4, 0.5) is 4.39 Å². The number of halogens is 2. The summed E-state index contributed by atoms with van der Waals surface area (Å²) in [6.45, 7) is 2.05. The maximum Gasteiger partial charge on any atom is 0.142 e. The second-order valence-electron chi connectivity index (χ2n) is 3.85. The van der Waals surface area contributed by atoms with Gasteiger partial charge in [0.15, 0.2) is 0 Å². The summed E-state index contributed by atoms with van der Waals surface area (Å²) in [6.07, 6.45) is 0.898. The Labute approximate surface area is 109 Å². The molecule has 0 fully saturated rings. The smallest absolute Gasteiger partial charge is 0.142 e. The fourth-order valence-electron chi connectivity index (χ4n) is 1.56. The van der Waals surface area contributed by atoms with Gasteiger partial charge in [0.25, 0.3) is 0 Å². The van der Waals surface area contributed by atoms with Gasteiger partial charge in [-0.1, -0.05) is 24.6 Å². The zero-order chi connectivity index (χ0) is 12.4. The summed E-state index contributed by atoms with van der Waals surface area (Å²) < 4.78 is 13.3. The van der Waals surface area contributed by atoms with E-state index in [-0.39, 0.29) is 16.9 Å². The number of nitrogens with two attached hydrogens (primary N) is 1. The molecule has 0 aliphatic carbocycles. The molecule has 0 spiro atoms. The van der Waals surface area contributed by atoms with Gasteiger partial charge in [-0.15, -0.1) is 11.3 Å². The Morgan fingerprint density at radius 2 is 2.12 bits per heavy atom. The average molecular weight is 270 g/mol. The topological polar surface area (TPSA) is 26.0 Å². The van der Waals surface area contributed by atoms with Gasteiger partial charge in [0.2, 0.25) is 0 Å². The first-order valence-electron chi connectivity index (χ1n) is 5.42. The van der Waals surface area contributed by atoms with Gasteiger partial charge in [0, 0.05) is 15.8 Å². The van der Waals surface area contributed by atoms with E-state index in [2.05, 4.69) is 0 Å². The molecule has 0 bridgehead atoms. The van der Waals surface area contributed by atoms with Crippen molar-refractivity contribution in [3.63, 3.8) is 0 Å². The van der Waals surface area contributed by atoms with E-state index in [9.17, 15) is 4.39 Å². The summed E-state index contributed by atoms with van der Waals surface area (Å²) in [5, 5.41) is 0.149. The summed E-state index contributed by atoms with van der Waals surface area (Å²) in [7, 11) is 0. The first kappa shape index (κ1) is 12.6. The Morgan fingerprint density at radius 1 is 1.35 bits per heavy atom. The third-order valence-corrected chi connectivity index (χ3v) is 4.21. The van der Waals surface area contributed by atoms with Gasteiger partial charge in [-0.05, 0) is 36.2 Å². The standard InChI is InChI=1S/C13H13ClFNS/c1-2-11(16)13-6-5-12(17-13)8-3-4-9(14)10(15)7-8/h3-7,11H,2,16H2,1H3. The molecule has 1 unspecified atom stereocenters. The molecule has 4 heteroatoms. The molecule has 1 nitrogen and oxygen atoms in total. The number of hydrogen-bond acceptors (Lipinski definition) is 2. The van der Waals surface area contributed by atoms with E-state index in [0.717, 1.165) is 21.7 Å². The lowest BCUT2D eigenvalue weighted by Gasteiger charge is -2.04. The maximum atomic E-state index is 13.3. The Balaban J connectivity index is 2.33. The molecule has 1 heterocycles. The van der Waals surface area contributed by atoms with Crippen molar-refractivity contribution in [1.82, 2.24) is 0 Å². The lowest BCUT2D eigenvalue weighted by atomic mass is 10.1. The zero-order valence-electron chi connectivity index (χ0n) is 9.41.